The summed E-state index contributed by atoms with van der Waals surface area (Å²) < 4.78 is 9.34. The number of rotatable bonds is 6. The van der Waals surface area contributed by atoms with Crippen molar-refractivity contribution in [2.24, 2.45) is 5.10 Å². The Balaban J connectivity index is 1.28. The first kappa shape index (κ1) is 26.0. The third-order valence-corrected chi connectivity index (χ3v) is 8.46. The highest BCUT2D eigenvalue weighted by Gasteiger charge is 2.22. The molecule has 39 heavy (non-hydrogen) atoms. The molecule has 0 unspecified atom stereocenters. The van der Waals surface area contributed by atoms with Crippen molar-refractivity contribution in [1.82, 2.24) is 9.66 Å². The van der Waals surface area contributed by atoms with Crippen LogP contribution in [0.25, 0.3) is 21.7 Å². The van der Waals surface area contributed by atoms with Crippen LogP contribution >= 0.6 is 31.9 Å². The van der Waals surface area contributed by atoms with E-state index in [1.807, 2.05) is 48.5 Å². The number of ether oxygens (including phenoxy) is 1. The van der Waals surface area contributed by atoms with Crippen molar-refractivity contribution in [3.05, 3.63) is 115 Å². The van der Waals surface area contributed by atoms with Gasteiger partial charge in [0.15, 0.2) is 0 Å². The van der Waals surface area contributed by atoms with E-state index >= 15 is 0 Å². The van der Waals surface area contributed by atoms with Crippen LogP contribution < -0.4 is 10.3 Å². The molecule has 6 rings (SSSR count). The number of hydrogen-bond acceptors (Lipinski definition) is 4. The molecule has 0 spiro atoms. The van der Waals surface area contributed by atoms with Crippen LogP contribution in [0.1, 0.15) is 55.0 Å². The SMILES string of the molecule is O=c1c2cc(Br)ccc2nc(C2CCCCC2)n1N=Cc1ccc(OCc2cccc3ccccc23)c(Br)c1. The van der Waals surface area contributed by atoms with Crippen molar-refractivity contribution >= 4 is 59.7 Å². The van der Waals surface area contributed by atoms with Gasteiger partial charge in [-0.1, -0.05) is 77.7 Å². The molecule has 1 aromatic heterocycles. The molecule has 0 aliphatic heterocycles. The molecule has 0 N–H and O–H groups in total. The Hall–Kier alpha value is -3.29. The van der Waals surface area contributed by atoms with Gasteiger partial charge >= 0.3 is 0 Å². The van der Waals surface area contributed by atoms with Crippen LogP contribution in [0, 0.1) is 0 Å². The van der Waals surface area contributed by atoms with E-state index in [0.717, 1.165) is 57.3 Å². The molecule has 7 heteroatoms. The van der Waals surface area contributed by atoms with E-state index in [-0.39, 0.29) is 11.5 Å². The number of halogens is 2. The van der Waals surface area contributed by atoms with Crippen LogP contribution in [0.5, 0.6) is 5.75 Å². The molecule has 5 aromatic rings. The van der Waals surface area contributed by atoms with Crippen molar-refractivity contribution in [3.8, 4) is 5.75 Å². The zero-order valence-electron chi connectivity index (χ0n) is 21.3. The predicted octanol–water partition coefficient (Wildman–Crippen LogP) is 8.58. The summed E-state index contributed by atoms with van der Waals surface area (Å²) in [6, 6.07) is 26.0. The molecule has 0 amide bonds. The van der Waals surface area contributed by atoms with Gasteiger partial charge in [0.2, 0.25) is 0 Å². The maximum Gasteiger partial charge on any atom is 0.282 e. The smallest absolute Gasteiger partial charge is 0.282 e. The second-order valence-electron chi connectivity index (χ2n) is 9.94. The molecule has 0 bridgehead atoms. The van der Waals surface area contributed by atoms with E-state index in [9.17, 15) is 4.79 Å². The standard InChI is InChI=1S/C32H27Br2N3O2/c33-25-14-15-29-27(18-25)32(38)37(31(36-29)23-8-2-1-3-9-23)35-19-21-13-16-30(28(34)17-21)39-20-24-11-6-10-22-7-4-5-12-26(22)24/h4-7,10-19,23H,1-3,8-9,20H2. The monoisotopic (exact) mass is 643 g/mol. The Morgan fingerprint density at radius 2 is 1.74 bits per heavy atom. The fourth-order valence-corrected chi connectivity index (χ4v) is 6.19. The Morgan fingerprint density at radius 1 is 0.923 bits per heavy atom. The van der Waals surface area contributed by atoms with Crippen LogP contribution in [0.2, 0.25) is 0 Å². The quantitative estimate of drug-likeness (QED) is 0.174. The molecular formula is C32H27Br2N3O2. The molecule has 1 heterocycles. The minimum absolute atomic E-state index is 0.146. The molecule has 5 nitrogen and oxygen atoms in total. The predicted molar refractivity (Wildman–Crippen MR) is 165 cm³/mol. The van der Waals surface area contributed by atoms with E-state index in [4.69, 9.17) is 9.72 Å². The minimum atomic E-state index is -0.146. The van der Waals surface area contributed by atoms with E-state index in [1.165, 1.54) is 21.9 Å². The second kappa shape index (κ2) is 11.4. The highest BCUT2D eigenvalue weighted by Crippen LogP contribution is 2.32. The van der Waals surface area contributed by atoms with Gasteiger partial charge in [0.05, 0.1) is 21.6 Å². The molecule has 0 radical (unpaired) electrons. The van der Waals surface area contributed by atoms with Gasteiger partial charge in [0, 0.05) is 10.4 Å². The Bertz CT molecular complexity index is 1750. The van der Waals surface area contributed by atoms with Gasteiger partial charge in [-0.15, -0.1) is 0 Å². The summed E-state index contributed by atoms with van der Waals surface area (Å²) in [7, 11) is 0. The summed E-state index contributed by atoms with van der Waals surface area (Å²) in [6.45, 7) is 0.464. The fraction of sp³-hybridized carbons (Fsp3) is 0.219. The van der Waals surface area contributed by atoms with Crippen LogP contribution in [-0.2, 0) is 6.61 Å². The lowest BCUT2D eigenvalue weighted by molar-refractivity contribution is 0.305. The van der Waals surface area contributed by atoms with Gasteiger partial charge in [-0.25, -0.2) is 4.98 Å². The average molecular weight is 645 g/mol. The molecule has 0 atom stereocenters. The largest absolute Gasteiger partial charge is 0.488 e. The molecular weight excluding hydrogens is 618 g/mol. The van der Waals surface area contributed by atoms with Crippen molar-refractivity contribution < 1.29 is 4.74 Å². The molecule has 196 valence electrons. The van der Waals surface area contributed by atoms with Gasteiger partial charge in [0.25, 0.3) is 5.56 Å². The molecule has 0 saturated heterocycles. The summed E-state index contributed by atoms with van der Waals surface area (Å²) >= 11 is 7.14. The number of benzene rings is 4. The topological polar surface area (TPSA) is 56.5 Å². The zero-order chi connectivity index (χ0) is 26.8. The summed E-state index contributed by atoms with van der Waals surface area (Å²) in [5.41, 5.74) is 2.56. The fourth-order valence-electron chi connectivity index (χ4n) is 5.32. The van der Waals surface area contributed by atoms with E-state index < -0.39 is 0 Å². The van der Waals surface area contributed by atoms with Crippen LogP contribution in [0.4, 0.5) is 0 Å². The zero-order valence-corrected chi connectivity index (χ0v) is 24.5. The third kappa shape index (κ3) is 5.56. The minimum Gasteiger partial charge on any atom is -0.488 e. The lowest BCUT2D eigenvalue weighted by Gasteiger charge is -2.22. The first-order chi connectivity index (χ1) is 19.1. The maximum atomic E-state index is 13.6. The highest BCUT2D eigenvalue weighted by molar-refractivity contribution is 9.10. The van der Waals surface area contributed by atoms with Crippen LogP contribution in [-0.4, -0.2) is 15.9 Å². The summed E-state index contributed by atoms with van der Waals surface area (Å²) in [5.74, 6) is 1.73. The summed E-state index contributed by atoms with van der Waals surface area (Å²) in [6.07, 6.45) is 7.30. The van der Waals surface area contributed by atoms with Gasteiger partial charge in [-0.05, 0) is 87.1 Å². The van der Waals surface area contributed by atoms with Gasteiger partial charge in [-0.2, -0.15) is 9.78 Å². The molecule has 1 aliphatic carbocycles. The normalized spacial score (nSPS) is 14.4. The van der Waals surface area contributed by atoms with Crippen molar-refractivity contribution in [3.63, 3.8) is 0 Å². The lowest BCUT2D eigenvalue weighted by Crippen LogP contribution is -2.25. The Kier molecular flexibility index (Phi) is 7.62. The molecule has 1 aliphatic rings. The Morgan fingerprint density at radius 3 is 2.59 bits per heavy atom. The molecule has 1 saturated carbocycles. The number of aromatic nitrogens is 2. The lowest BCUT2D eigenvalue weighted by atomic mass is 9.88. The van der Waals surface area contributed by atoms with Gasteiger partial charge in [-0.3, -0.25) is 4.79 Å². The first-order valence-electron chi connectivity index (χ1n) is 13.2. The third-order valence-electron chi connectivity index (χ3n) is 7.35. The number of nitrogens with zero attached hydrogens (tertiary/aromatic N) is 3. The number of hydrogen-bond donors (Lipinski definition) is 0. The van der Waals surface area contributed by atoms with E-state index in [0.29, 0.717) is 17.5 Å². The maximum absolute atomic E-state index is 13.6. The summed E-state index contributed by atoms with van der Waals surface area (Å²) in [5, 5.41) is 7.61. The Labute approximate surface area is 243 Å². The van der Waals surface area contributed by atoms with Gasteiger partial charge < -0.3 is 4.74 Å². The van der Waals surface area contributed by atoms with Crippen molar-refractivity contribution in [2.75, 3.05) is 0 Å². The van der Waals surface area contributed by atoms with Crippen LogP contribution in [0.15, 0.2) is 97.7 Å². The first-order valence-corrected chi connectivity index (χ1v) is 14.8. The van der Waals surface area contributed by atoms with Crippen molar-refractivity contribution in [2.45, 2.75) is 44.6 Å². The molecule has 4 aromatic carbocycles. The second-order valence-corrected chi connectivity index (χ2v) is 11.7. The van der Waals surface area contributed by atoms with E-state index in [1.54, 1.807) is 6.21 Å². The highest BCUT2D eigenvalue weighted by atomic mass is 79.9. The molecule has 1 fully saturated rings. The van der Waals surface area contributed by atoms with Crippen molar-refractivity contribution in [1.29, 1.82) is 0 Å². The average Bonchev–Trinajstić information content (AvgIpc) is 2.97. The van der Waals surface area contributed by atoms with Gasteiger partial charge in [0.1, 0.15) is 18.2 Å². The van der Waals surface area contributed by atoms with Crippen LogP contribution in [0.3, 0.4) is 0 Å². The number of fused-ring (bicyclic) bond motifs is 2. The summed E-state index contributed by atoms with van der Waals surface area (Å²) in [4.78, 5) is 18.5. The van der Waals surface area contributed by atoms with E-state index in [2.05, 4.69) is 67.3 Å².